The van der Waals surface area contributed by atoms with Crippen molar-refractivity contribution in [2.24, 2.45) is 0 Å². The van der Waals surface area contributed by atoms with Crippen molar-refractivity contribution in [2.75, 3.05) is 13.7 Å². The molecule has 0 radical (unpaired) electrons. The first kappa shape index (κ1) is 10.5. The van der Waals surface area contributed by atoms with Gasteiger partial charge >= 0.3 is 0 Å². The van der Waals surface area contributed by atoms with Gasteiger partial charge in [0.2, 0.25) is 0 Å². The second-order valence-corrected chi connectivity index (χ2v) is 3.18. The van der Waals surface area contributed by atoms with Crippen LogP contribution in [0.4, 0.5) is 0 Å². The number of nitrogens with zero attached hydrogens (tertiary/aromatic N) is 1. The number of H-pyrrole nitrogens is 1. The van der Waals surface area contributed by atoms with Crippen molar-refractivity contribution in [1.29, 1.82) is 0 Å². The zero-order valence-electron chi connectivity index (χ0n) is 9.11. The quantitative estimate of drug-likeness (QED) is 0.847. The third-order valence-electron chi connectivity index (χ3n) is 2.23. The van der Waals surface area contributed by atoms with Gasteiger partial charge in [-0.2, -0.15) is 0 Å². The van der Waals surface area contributed by atoms with Crippen LogP contribution in [0.5, 0.6) is 11.5 Å². The lowest BCUT2D eigenvalue weighted by Gasteiger charge is -2.09. The van der Waals surface area contributed by atoms with Crippen molar-refractivity contribution in [3.63, 3.8) is 0 Å². The minimum Gasteiger partial charge on any atom is -0.493 e. The van der Waals surface area contributed by atoms with Crippen LogP contribution in [-0.2, 0) is 0 Å². The average Bonchev–Trinajstić information content (AvgIpc) is 2.29. The normalized spacial score (nSPS) is 10.4. The van der Waals surface area contributed by atoms with Crippen LogP contribution < -0.4 is 15.0 Å². The van der Waals surface area contributed by atoms with Crippen LogP contribution in [0.3, 0.4) is 0 Å². The summed E-state index contributed by atoms with van der Waals surface area (Å²) in [7, 11) is 1.54. The number of hydrogen-bond acceptors (Lipinski definition) is 4. The third kappa shape index (κ3) is 1.71. The average molecular weight is 220 g/mol. The monoisotopic (exact) mass is 220 g/mol. The highest BCUT2D eigenvalue weighted by Crippen LogP contribution is 2.29. The van der Waals surface area contributed by atoms with Crippen molar-refractivity contribution >= 4 is 10.9 Å². The van der Waals surface area contributed by atoms with E-state index in [-0.39, 0.29) is 5.56 Å². The Labute approximate surface area is 92.0 Å². The molecule has 2 aromatic rings. The van der Waals surface area contributed by atoms with Crippen molar-refractivity contribution in [2.45, 2.75) is 6.92 Å². The van der Waals surface area contributed by atoms with Gasteiger partial charge in [0.05, 0.1) is 30.9 Å². The standard InChI is InChI=1S/C11H12N2O3/c1-3-16-10-5-8-7(4-9(10)15-2)11(14)13-6-12-8/h4-6H,3H2,1-2H3,(H,12,13,14). The Balaban J connectivity index is 2.70. The van der Waals surface area contributed by atoms with Crippen molar-refractivity contribution in [3.05, 3.63) is 28.8 Å². The minimum atomic E-state index is -0.189. The van der Waals surface area contributed by atoms with E-state index in [1.54, 1.807) is 12.1 Å². The fourth-order valence-electron chi connectivity index (χ4n) is 1.50. The van der Waals surface area contributed by atoms with Gasteiger partial charge in [0, 0.05) is 6.07 Å². The number of hydrogen-bond donors (Lipinski definition) is 1. The molecule has 0 spiro atoms. The number of methoxy groups -OCH3 is 1. The van der Waals surface area contributed by atoms with Crippen LogP contribution in [0, 0.1) is 0 Å². The van der Waals surface area contributed by atoms with Crippen molar-refractivity contribution in [3.8, 4) is 11.5 Å². The van der Waals surface area contributed by atoms with Crippen LogP contribution in [0.1, 0.15) is 6.92 Å². The summed E-state index contributed by atoms with van der Waals surface area (Å²) in [5.74, 6) is 1.13. The molecule has 0 bridgehead atoms. The highest BCUT2D eigenvalue weighted by Gasteiger charge is 2.08. The van der Waals surface area contributed by atoms with Crippen LogP contribution in [0.2, 0.25) is 0 Å². The molecule has 5 heteroatoms. The maximum Gasteiger partial charge on any atom is 0.258 e. The first-order valence-electron chi connectivity index (χ1n) is 4.94. The molecular formula is C11H12N2O3. The summed E-state index contributed by atoms with van der Waals surface area (Å²) >= 11 is 0. The predicted octanol–water partition coefficient (Wildman–Crippen LogP) is 1.33. The number of aromatic amines is 1. The van der Waals surface area contributed by atoms with Crippen LogP contribution in [-0.4, -0.2) is 23.7 Å². The van der Waals surface area contributed by atoms with E-state index in [9.17, 15) is 4.79 Å². The van der Waals surface area contributed by atoms with Gasteiger partial charge in [-0.15, -0.1) is 0 Å². The van der Waals surface area contributed by atoms with Gasteiger partial charge in [-0.05, 0) is 13.0 Å². The minimum absolute atomic E-state index is 0.189. The SMILES string of the molecule is CCOc1cc2nc[nH]c(=O)c2cc1OC. The largest absolute Gasteiger partial charge is 0.493 e. The first-order chi connectivity index (χ1) is 7.76. The molecular weight excluding hydrogens is 208 g/mol. The van der Waals surface area contributed by atoms with E-state index in [0.29, 0.717) is 29.0 Å². The number of fused-ring (bicyclic) bond motifs is 1. The molecule has 0 aliphatic heterocycles. The Kier molecular flexibility index (Phi) is 2.76. The van der Waals surface area contributed by atoms with Gasteiger partial charge in [-0.25, -0.2) is 4.98 Å². The zero-order chi connectivity index (χ0) is 11.5. The number of benzene rings is 1. The molecule has 1 N–H and O–H groups in total. The smallest absolute Gasteiger partial charge is 0.258 e. The molecule has 0 saturated carbocycles. The maximum atomic E-state index is 11.5. The molecule has 0 amide bonds. The van der Waals surface area contributed by atoms with Crippen molar-refractivity contribution < 1.29 is 9.47 Å². The highest BCUT2D eigenvalue weighted by molar-refractivity contribution is 5.81. The summed E-state index contributed by atoms with van der Waals surface area (Å²) in [6.07, 6.45) is 1.37. The number of aromatic nitrogens is 2. The van der Waals surface area contributed by atoms with Gasteiger partial charge < -0.3 is 14.5 Å². The molecule has 84 valence electrons. The molecule has 1 heterocycles. The van der Waals surface area contributed by atoms with Gasteiger partial charge in [0.15, 0.2) is 11.5 Å². The summed E-state index contributed by atoms with van der Waals surface area (Å²) in [5.41, 5.74) is 0.402. The molecule has 5 nitrogen and oxygen atoms in total. The Bertz CT molecular complexity index is 563. The van der Waals surface area contributed by atoms with Crippen LogP contribution >= 0.6 is 0 Å². The Hall–Kier alpha value is -2.04. The molecule has 0 aliphatic carbocycles. The molecule has 16 heavy (non-hydrogen) atoms. The second-order valence-electron chi connectivity index (χ2n) is 3.18. The van der Waals surface area contributed by atoms with Gasteiger partial charge in [0.1, 0.15) is 0 Å². The molecule has 0 atom stereocenters. The lowest BCUT2D eigenvalue weighted by Crippen LogP contribution is -2.07. The summed E-state index contributed by atoms with van der Waals surface area (Å²) in [6.45, 7) is 2.42. The van der Waals surface area contributed by atoms with E-state index in [4.69, 9.17) is 9.47 Å². The molecule has 1 aromatic carbocycles. The molecule has 0 aliphatic rings. The molecule has 1 aromatic heterocycles. The fraction of sp³-hybridized carbons (Fsp3) is 0.273. The van der Waals surface area contributed by atoms with Crippen molar-refractivity contribution in [1.82, 2.24) is 9.97 Å². The lowest BCUT2D eigenvalue weighted by molar-refractivity contribution is 0.311. The van der Waals surface area contributed by atoms with E-state index in [2.05, 4.69) is 9.97 Å². The van der Waals surface area contributed by atoms with Crippen LogP contribution in [0.25, 0.3) is 10.9 Å². The van der Waals surface area contributed by atoms with Gasteiger partial charge in [-0.1, -0.05) is 0 Å². The molecule has 2 rings (SSSR count). The summed E-state index contributed by atoms with van der Waals surface area (Å²) in [4.78, 5) is 18.1. The molecule has 0 unspecified atom stereocenters. The van der Waals surface area contributed by atoms with E-state index in [1.807, 2.05) is 6.92 Å². The molecule has 0 fully saturated rings. The zero-order valence-corrected chi connectivity index (χ0v) is 9.11. The third-order valence-corrected chi connectivity index (χ3v) is 2.23. The first-order valence-corrected chi connectivity index (χ1v) is 4.94. The number of nitrogens with one attached hydrogen (secondary N) is 1. The summed E-state index contributed by atoms with van der Waals surface area (Å²) in [6, 6.07) is 3.33. The summed E-state index contributed by atoms with van der Waals surface area (Å²) in [5, 5.41) is 0.489. The van der Waals surface area contributed by atoms with E-state index >= 15 is 0 Å². The maximum absolute atomic E-state index is 11.5. The Morgan fingerprint density at radius 2 is 2.19 bits per heavy atom. The lowest BCUT2D eigenvalue weighted by atomic mass is 10.2. The second kappa shape index (κ2) is 4.22. The predicted molar refractivity (Wildman–Crippen MR) is 60.1 cm³/mol. The number of ether oxygens (including phenoxy) is 2. The fourth-order valence-corrected chi connectivity index (χ4v) is 1.50. The highest BCUT2D eigenvalue weighted by atomic mass is 16.5. The van der Waals surface area contributed by atoms with Crippen LogP contribution in [0.15, 0.2) is 23.3 Å². The topological polar surface area (TPSA) is 64.2 Å². The molecule has 0 saturated heterocycles. The van der Waals surface area contributed by atoms with Gasteiger partial charge in [0.25, 0.3) is 5.56 Å². The van der Waals surface area contributed by atoms with E-state index in [0.717, 1.165) is 0 Å². The van der Waals surface area contributed by atoms with Gasteiger partial charge in [-0.3, -0.25) is 4.79 Å². The number of rotatable bonds is 3. The Morgan fingerprint density at radius 1 is 1.38 bits per heavy atom. The van der Waals surface area contributed by atoms with E-state index in [1.165, 1.54) is 13.4 Å². The Morgan fingerprint density at radius 3 is 2.88 bits per heavy atom. The summed E-state index contributed by atoms with van der Waals surface area (Å²) < 4.78 is 10.6. The van der Waals surface area contributed by atoms with E-state index < -0.39 is 0 Å².